The van der Waals surface area contributed by atoms with Gasteiger partial charge in [-0.3, -0.25) is 0 Å². The molecule has 276 valence electrons. The van der Waals surface area contributed by atoms with E-state index in [-0.39, 0.29) is 43.7 Å². The van der Waals surface area contributed by atoms with Gasteiger partial charge in [-0.1, -0.05) is 57.0 Å². The fraction of sp³-hybridized carbons (Fsp3) is 0.600. The number of hydrogen-bond donors (Lipinski definition) is 3. The Morgan fingerprint density at radius 1 is 1.04 bits per heavy atom. The van der Waals surface area contributed by atoms with E-state index in [0.717, 1.165) is 24.8 Å². The Kier molecular flexibility index (Phi) is 12.8. The molecule has 2 fully saturated rings. The van der Waals surface area contributed by atoms with Gasteiger partial charge in [0.1, 0.15) is 6.10 Å². The molecule has 50 heavy (non-hydrogen) atoms. The molecule has 15 heteroatoms. The molecule has 0 bridgehead atoms. The van der Waals surface area contributed by atoms with Crippen molar-refractivity contribution in [3.05, 3.63) is 54.1 Å². The Balaban J connectivity index is 1.32. The number of sulfonamides is 1. The van der Waals surface area contributed by atoms with Crippen molar-refractivity contribution in [1.29, 1.82) is 0 Å². The van der Waals surface area contributed by atoms with E-state index in [9.17, 15) is 23.1 Å². The zero-order chi connectivity index (χ0) is 35.7. The van der Waals surface area contributed by atoms with Crippen LogP contribution in [-0.4, -0.2) is 101 Å². The van der Waals surface area contributed by atoms with Crippen molar-refractivity contribution >= 4 is 22.2 Å². The lowest BCUT2D eigenvalue weighted by Crippen LogP contribution is -2.52. The minimum absolute atomic E-state index is 0.000169. The van der Waals surface area contributed by atoms with Gasteiger partial charge < -0.3 is 44.2 Å². The van der Waals surface area contributed by atoms with Crippen LogP contribution in [0, 0.1) is 11.3 Å². The van der Waals surface area contributed by atoms with Gasteiger partial charge in [0.15, 0.2) is 17.8 Å². The van der Waals surface area contributed by atoms with E-state index in [4.69, 9.17) is 23.7 Å². The molecule has 14 nitrogen and oxygen atoms in total. The number of aliphatic hydroxyl groups excluding tert-OH is 1. The molecular formula is C35H49N3O11S. The SMILES string of the molecule is COC(=O)NCCCCCC(C)(C)CN(C[C@@H](O)[C@H](Cc1ccccc1)NC(=O)O[C@H]1CO[C@H]2OCC[C@H]21)S(=O)(=O)c1ccc2c(c1)OCO2. The van der Waals surface area contributed by atoms with Crippen LogP contribution in [0.2, 0.25) is 0 Å². The molecule has 0 radical (unpaired) electrons. The van der Waals surface area contributed by atoms with E-state index in [0.29, 0.717) is 37.5 Å². The first-order valence-electron chi connectivity index (χ1n) is 17.1. The summed E-state index contributed by atoms with van der Waals surface area (Å²) in [6.45, 7) is 4.97. The van der Waals surface area contributed by atoms with Crippen molar-refractivity contribution in [2.24, 2.45) is 11.3 Å². The maximum atomic E-state index is 14.3. The third-order valence-corrected chi connectivity index (χ3v) is 11.1. The lowest BCUT2D eigenvalue weighted by Gasteiger charge is -2.35. The van der Waals surface area contributed by atoms with Crippen LogP contribution >= 0.6 is 0 Å². The van der Waals surface area contributed by atoms with Crippen LogP contribution in [0.3, 0.4) is 0 Å². The zero-order valence-corrected chi connectivity index (χ0v) is 29.7. The number of carbonyl (C=O) groups excluding carboxylic acids is 2. The second kappa shape index (κ2) is 17.1. The van der Waals surface area contributed by atoms with Crippen LogP contribution in [0.1, 0.15) is 51.5 Å². The predicted molar refractivity (Wildman–Crippen MR) is 181 cm³/mol. The molecule has 5 rings (SSSR count). The summed E-state index contributed by atoms with van der Waals surface area (Å²) in [5, 5.41) is 17.3. The smallest absolute Gasteiger partial charge is 0.407 e. The summed E-state index contributed by atoms with van der Waals surface area (Å²) in [7, 11) is -2.85. The zero-order valence-electron chi connectivity index (χ0n) is 28.9. The first kappa shape index (κ1) is 37.6. The molecule has 0 unspecified atom stereocenters. The van der Waals surface area contributed by atoms with Crippen molar-refractivity contribution in [3.8, 4) is 11.5 Å². The molecule has 3 N–H and O–H groups in total. The standard InChI is InChI=1S/C35H49N3O11S/c1-35(2,15-8-5-9-16-36-33(40)44-3)22-38(50(42,43)25-12-13-29-30(19-25)48-23-47-29)20-28(39)27(18-24-10-6-4-7-11-24)37-34(41)49-31-21-46-32-26(31)14-17-45-32/h4,6-7,10-13,19,26-28,31-32,39H,5,8-9,14-18,20-23H2,1-3H3,(H,36,40)(H,37,41)/t26-,27-,28+,31-,32+/m0/s1. The minimum atomic E-state index is -4.16. The van der Waals surface area contributed by atoms with Crippen LogP contribution in [0.25, 0.3) is 0 Å². The van der Waals surface area contributed by atoms with E-state index in [1.807, 2.05) is 44.2 Å². The molecule has 5 atom stereocenters. The Hall–Kier alpha value is -3.63. The van der Waals surface area contributed by atoms with Gasteiger partial charge in [-0.15, -0.1) is 0 Å². The van der Waals surface area contributed by atoms with Crippen molar-refractivity contribution in [3.63, 3.8) is 0 Å². The summed E-state index contributed by atoms with van der Waals surface area (Å²) in [5.74, 6) is 0.710. The van der Waals surface area contributed by atoms with Gasteiger partial charge >= 0.3 is 12.2 Å². The summed E-state index contributed by atoms with van der Waals surface area (Å²) in [6, 6.07) is 12.9. The third kappa shape index (κ3) is 10.00. The number of carbonyl (C=O) groups is 2. The van der Waals surface area contributed by atoms with E-state index < -0.39 is 52.2 Å². The second-order valence-electron chi connectivity index (χ2n) is 13.7. The van der Waals surface area contributed by atoms with Crippen LogP contribution in [0.4, 0.5) is 9.59 Å². The van der Waals surface area contributed by atoms with Gasteiger partial charge in [-0.05, 0) is 48.8 Å². The molecule has 0 spiro atoms. The fourth-order valence-electron chi connectivity index (χ4n) is 6.52. The molecule has 2 amide bonds. The van der Waals surface area contributed by atoms with E-state index in [1.54, 1.807) is 6.07 Å². The Bertz CT molecular complexity index is 1540. The van der Waals surface area contributed by atoms with Crippen LogP contribution < -0.4 is 20.1 Å². The molecule has 2 aromatic carbocycles. The number of methoxy groups -OCH3 is 1. The molecule has 2 aromatic rings. The van der Waals surface area contributed by atoms with Gasteiger partial charge in [-0.25, -0.2) is 18.0 Å². The molecule has 3 heterocycles. The van der Waals surface area contributed by atoms with Crippen molar-refractivity contribution in [2.45, 2.75) is 81.8 Å². The number of fused-ring (bicyclic) bond motifs is 2. The average molecular weight is 720 g/mol. The number of alkyl carbamates (subject to hydrolysis) is 2. The number of aliphatic hydroxyl groups is 1. The number of nitrogens with zero attached hydrogens (tertiary/aromatic N) is 1. The van der Waals surface area contributed by atoms with Crippen molar-refractivity contribution in [2.75, 3.05) is 46.8 Å². The number of nitrogens with one attached hydrogen (secondary N) is 2. The van der Waals surface area contributed by atoms with Crippen LogP contribution in [0.15, 0.2) is 53.4 Å². The van der Waals surface area contributed by atoms with E-state index in [2.05, 4.69) is 15.4 Å². The first-order chi connectivity index (χ1) is 23.9. The maximum absolute atomic E-state index is 14.3. The highest BCUT2D eigenvalue weighted by atomic mass is 32.2. The number of hydrogen-bond acceptors (Lipinski definition) is 11. The van der Waals surface area contributed by atoms with E-state index >= 15 is 0 Å². The average Bonchev–Trinajstić information content (AvgIpc) is 3.85. The van der Waals surface area contributed by atoms with Gasteiger partial charge in [0, 0.05) is 25.7 Å². The molecule has 0 aliphatic carbocycles. The second-order valence-corrected chi connectivity index (χ2v) is 15.6. The fourth-order valence-corrected chi connectivity index (χ4v) is 8.18. The summed E-state index contributed by atoms with van der Waals surface area (Å²) in [4.78, 5) is 24.6. The summed E-state index contributed by atoms with van der Waals surface area (Å²) in [5.41, 5.74) is 0.347. The number of ether oxygens (including phenoxy) is 6. The van der Waals surface area contributed by atoms with Gasteiger partial charge in [-0.2, -0.15) is 4.31 Å². The summed E-state index contributed by atoms with van der Waals surface area (Å²) in [6.07, 6.45) is 0.576. The maximum Gasteiger partial charge on any atom is 0.407 e. The molecule has 0 aromatic heterocycles. The number of amides is 2. The van der Waals surface area contributed by atoms with E-state index in [1.165, 1.54) is 23.5 Å². The molecule has 2 saturated heterocycles. The molecule has 3 aliphatic heterocycles. The molecule has 0 saturated carbocycles. The topological polar surface area (TPSA) is 171 Å². The van der Waals surface area contributed by atoms with Gasteiger partial charge in [0.2, 0.25) is 16.8 Å². The Morgan fingerprint density at radius 2 is 1.82 bits per heavy atom. The number of benzene rings is 2. The number of unbranched alkanes of at least 4 members (excludes halogenated alkanes) is 2. The normalized spacial score (nSPS) is 21.0. The first-order valence-corrected chi connectivity index (χ1v) is 18.5. The van der Waals surface area contributed by atoms with Crippen LogP contribution in [0.5, 0.6) is 11.5 Å². The predicted octanol–water partition coefficient (Wildman–Crippen LogP) is 3.81. The highest BCUT2D eigenvalue weighted by Crippen LogP contribution is 2.36. The van der Waals surface area contributed by atoms with Gasteiger partial charge in [0.05, 0.1) is 43.3 Å². The quantitative estimate of drug-likeness (QED) is 0.203. The highest BCUT2D eigenvalue weighted by molar-refractivity contribution is 7.89. The Labute approximate surface area is 293 Å². The molecule has 3 aliphatic rings. The minimum Gasteiger partial charge on any atom is -0.454 e. The lowest BCUT2D eigenvalue weighted by molar-refractivity contribution is -0.0907. The third-order valence-electron chi connectivity index (χ3n) is 9.27. The number of rotatable bonds is 17. The Morgan fingerprint density at radius 3 is 2.60 bits per heavy atom. The summed E-state index contributed by atoms with van der Waals surface area (Å²) >= 11 is 0. The van der Waals surface area contributed by atoms with Gasteiger partial charge in [0.25, 0.3) is 0 Å². The summed E-state index contributed by atoms with van der Waals surface area (Å²) < 4.78 is 62.3. The monoisotopic (exact) mass is 719 g/mol. The largest absolute Gasteiger partial charge is 0.454 e. The highest BCUT2D eigenvalue weighted by Gasteiger charge is 2.44. The van der Waals surface area contributed by atoms with Crippen molar-refractivity contribution < 1.29 is 51.5 Å². The van der Waals surface area contributed by atoms with Crippen molar-refractivity contribution in [1.82, 2.24) is 14.9 Å². The molecular weight excluding hydrogens is 670 g/mol. The van der Waals surface area contributed by atoms with Crippen LogP contribution in [-0.2, 0) is 35.4 Å². The lowest BCUT2D eigenvalue weighted by atomic mass is 9.86.